The molecule has 2 aromatic rings. The Morgan fingerprint density at radius 2 is 2.00 bits per heavy atom. The lowest BCUT2D eigenvalue weighted by atomic mass is 10.1. The lowest BCUT2D eigenvalue weighted by molar-refractivity contribution is 0.212. The van der Waals surface area contributed by atoms with Gasteiger partial charge in [0.05, 0.1) is 18.8 Å². The number of para-hydroxylation sites is 1. The number of hydrogen-bond donors (Lipinski definition) is 1. The summed E-state index contributed by atoms with van der Waals surface area (Å²) in [6.07, 6.45) is 2.30. The summed E-state index contributed by atoms with van der Waals surface area (Å²) in [5.41, 5.74) is 7.74. The van der Waals surface area contributed by atoms with Crippen molar-refractivity contribution in [1.82, 2.24) is 0 Å². The summed E-state index contributed by atoms with van der Waals surface area (Å²) >= 11 is 0. The third kappa shape index (κ3) is 4.09. The van der Waals surface area contributed by atoms with Crippen molar-refractivity contribution in [2.75, 3.05) is 30.3 Å². The zero-order valence-corrected chi connectivity index (χ0v) is 13.6. The first kappa shape index (κ1) is 15.5. The van der Waals surface area contributed by atoms with Gasteiger partial charge in [-0.1, -0.05) is 18.2 Å². The van der Waals surface area contributed by atoms with Crippen molar-refractivity contribution >= 4 is 11.4 Å². The number of hydrogen-bond acceptors (Lipinski definition) is 4. The van der Waals surface area contributed by atoms with Gasteiger partial charge in [-0.25, -0.2) is 0 Å². The average Bonchev–Trinajstić information content (AvgIpc) is 2.54. The predicted molar refractivity (Wildman–Crippen MR) is 94.3 cm³/mol. The molecule has 4 nitrogen and oxygen atoms in total. The van der Waals surface area contributed by atoms with Gasteiger partial charge in [-0.05, 0) is 44.0 Å². The molecule has 0 amide bonds. The van der Waals surface area contributed by atoms with Gasteiger partial charge < -0.3 is 20.1 Å². The van der Waals surface area contributed by atoms with Crippen LogP contribution in [-0.2, 0) is 0 Å². The summed E-state index contributed by atoms with van der Waals surface area (Å²) < 4.78 is 11.6. The van der Waals surface area contributed by atoms with Crippen LogP contribution < -0.4 is 20.1 Å². The standard InChI is InChI=1S/C19H24N2O2/c1-15-14-21(18-10-9-16(20)13-19(18)23-15)11-5-6-12-22-17-7-3-2-4-8-17/h2-4,7-10,13,15H,5-6,11-12,14,20H2,1H3. The smallest absolute Gasteiger partial charge is 0.145 e. The molecule has 0 aliphatic carbocycles. The molecule has 0 saturated heterocycles. The van der Waals surface area contributed by atoms with Crippen LogP contribution in [0.3, 0.4) is 0 Å². The predicted octanol–water partition coefficient (Wildman–Crippen LogP) is 3.72. The molecule has 0 spiro atoms. The summed E-state index contributed by atoms with van der Waals surface area (Å²) in [6.45, 7) is 4.76. The van der Waals surface area contributed by atoms with Gasteiger partial charge in [0.1, 0.15) is 17.6 Å². The SMILES string of the molecule is CC1CN(CCCCOc2ccccc2)c2ccc(N)cc2O1. The number of unbranched alkanes of at least 4 members (excludes halogenated alkanes) is 1. The van der Waals surface area contributed by atoms with Crippen molar-refractivity contribution in [3.05, 3.63) is 48.5 Å². The molecule has 0 aromatic heterocycles. The Balaban J connectivity index is 1.49. The minimum Gasteiger partial charge on any atom is -0.494 e. The van der Waals surface area contributed by atoms with Crippen LogP contribution in [0.4, 0.5) is 11.4 Å². The van der Waals surface area contributed by atoms with E-state index in [9.17, 15) is 0 Å². The van der Waals surface area contributed by atoms with Gasteiger partial charge in [-0.15, -0.1) is 0 Å². The summed E-state index contributed by atoms with van der Waals surface area (Å²) in [6, 6.07) is 15.9. The molecule has 1 heterocycles. The van der Waals surface area contributed by atoms with Crippen molar-refractivity contribution in [3.63, 3.8) is 0 Å². The second-order valence-corrected chi connectivity index (χ2v) is 5.97. The molecule has 23 heavy (non-hydrogen) atoms. The monoisotopic (exact) mass is 312 g/mol. The normalized spacial score (nSPS) is 16.6. The number of nitrogen functional groups attached to an aromatic ring is 1. The van der Waals surface area contributed by atoms with Gasteiger partial charge in [0.25, 0.3) is 0 Å². The summed E-state index contributed by atoms with van der Waals surface area (Å²) in [4.78, 5) is 2.38. The highest BCUT2D eigenvalue weighted by Gasteiger charge is 2.22. The Hall–Kier alpha value is -2.36. The van der Waals surface area contributed by atoms with E-state index in [0.29, 0.717) is 0 Å². The lowest BCUT2D eigenvalue weighted by Gasteiger charge is -2.35. The van der Waals surface area contributed by atoms with Crippen LogP contribution in [0.1, 0.15) is 19.8 Å². The van der Waals surface area contributed by atoms with Gasteiger partial charge in [0.15, 0.2) is 0 Å². The maximum Gasteiger partial charge on any atom is 0.145 e. The third-order valence-corrected chi connectivity index (χ3v) is 3.96. The number of nitrogens with zero attached hydrogens (tertiary/aromatic N) is 1. The number of benzene rings is 2. The Bertz CT molecular complexity index is 631. The molecule has 0 bridgehead atoms. The molecule has 4 heteroatoms. The second kappa shape index (κ2) is 7.27. The average molecular weight is 312 g/mol. The van der Waals surface area contributed by atoms with Crippen LogP contribution in [0.5, 0.6) is 11.5 Å². The number of fused-ring (bicyclic) bond motifs is 1. The van der Waals surface area contributed by atoms with Crippen LogP contribution in [0.25, 0.3) is 0 Å². The molecular weight excluding hydrogens is 288 g/mol. The minimum atomic E-state index is 0.185. The first-order chi connectivity index (χ1) is 11.2. The Morgan fingerprint density at radius 3 is 2.83 bits per heavy atom. The number of ether oxygens (including phenoxy) is 2. The molecule has 1 aliphatic heterocycles. The molecule has 3 rings (SSSR count). The van der Waals surface area contributed by atoms with Gasteiger partial charge >= 0.3 is 0 Å². The highest BCUT2D eigenvalue weighted by molar-refractivity contribution is 5.65. The molecule has 0 fully saturated rings. The number of nitrogens with two attached hydrogens (primary N) is 1. The van der Waals surface area contributed by atoms with Crippen LogP contribution >= 0.6 is 0 Å². The van der Waals surface area contributed by atoms with E-state index in [-0.39, 0.29) is 6.10 Å². The topological polar surface area (TPSA) is 47.7 Å². The first-order valence-corrected chi connectivity index (χ1v) is 8.21. The molecule has 0 radical (unpaired) electrons. The van der Waals surface area contributed by atoms with Crippen molar-refractivity contribution in [2.45, 2.75) is 25.9 Å². The first-order valence-electron chi connectivity index (χ1n) is 8.21. The maximum atomic E-state index is 5.88. The molecule has 122 valence electrons. The fraction of sp³-hybridized carbons (Fsp3) is 0.368. The number of rotatable bonds is 6. The lowest BCUT2D eigenvalue weighted by Crippen LogP contribution is -2.39. The Kier molecular flexibility index (Phi) is 4.91. The second-order valence-electron chi connectivity index (χ2n) is 5.97. The maximum absolute atomic E-state index is 5.88. The minimum absolute atomic E-state index is 0.185. The van der Waals surface area contributed by atoms with E-state index < -0.39 is 0 Å². The molecule has 1 unspecified atom stereocenters. The van der Waals surface area contributed by atoms with E-state index in [0.717, 1.165) is 55.4 Å². The van der Waals surface area contributed by atoms with Gasteiger partial charge in [0, 0.05) is 18.3 Å². The Morgan fingerprint density at radius 1 is 1.17 bits per heavy atom. The van der Waals surface area contributed by atoms with Crippen LogP contribution in [0.15, 0.2) is 48.5 Å². The van der Waals surface area contributed by atoms with Crippen LogP contribution in [0.2, 0.25) is 0 Å². The quantitative estimate of drug-likeness (QED) is 0.652. The van der Waals surface area contributed by atoms with Crippen LogP contribution in [0, 0.1) is 0 Å². The third-order valence-electron chi connectivity index (χ3n) is 3.96. The molecule has 2 N–H and O–H groups in total. The van der Waals surface area contributed by atoms with E-state index in [2.05, 4.69) is 17.9 Å². The van der Waals surface area contributed by atoms with E-state index in [1.807, 2.05) is 42.5 Å². The molecule has 2 aromatic carbocycles. The molecular formula is C19H24N2O2. The van der Waals surface area contributed by atoms with Crippen molar-refractivity contribution in [1.29, 1.82) is 0 Å². The van der Waals surface area contributed by atoms with E-state index in [1.54, 1.807) is 0 Å². The zero-order valence-electron chi connectivity index (χ0n) is 13.6. The van der Waals surface area contributed by atoms with E-state index in [4.69, 9.17) is 15.2 Å². The van der Waals surface area contributed by atoms with E-state index in [1.165, 1.54) is 0 Å². The summed E-state index contributed by atoms with van der Waals surface area (Å²) in [5.74, 6) is 1.83. The largest absolute Gasteiger partial charge is 0.494 e. The number of anilines is 2. The summed E-state index contributed by atoms with van der Waals surface area (Å²) in [5, 5.41) is 0. The fourth-order valence-electron chi connectivity index (χ4n) is 2.87. The van der Waals surface area contributed by atoms with Gasteiger partial charge in [-0.3, -0.25) is 0 Å². The summed E-state index contributed by atoms with van der Waals surface area (Å²) in [7, 11) is 0. The van der Waals surface area contributed by atoms with Crippen molar-refractivity contribution < 1.29 is 9.47 Å². The zero-order chi connectivity index (χ0) is 16.1. The Labute approximate surface area is 137 Å². The fourth-order valence-corrected chi connectivity index (χ4v) is 2.87. The van der Waals surface area contributed by atoms with Crippen molar-refractivity contribution in [3.8, 4) is 11.5 Å². The van der Waals surface area contributed by atoms with E-state index >= 15 is 0 Å². The molecule has 1 aliphatic rings. The highest BCUT2D eigenvalue weighted by Crippen LogP contribution is 2.35. The van der Waals surface area contributed by atoms with Crippen LogP contribution in [-0.4, -0.2) is 25.8 Å². The highest BCUT2D eigenvalue weighted by atomic mass is 16.5. The molecule has 0 saturated carbocycles. The van der Waals surface area contributed by atoms with Gasteiger partial charge in [-0.2, -0.15) is 0 Å². The van der Waals surface area contributed by atoms with Crippen molar-refractivity contribution in [2.24, 2.45) is 0 Å². The van der Waals surface area contributed by atoms with Gasteiger partial charge in [0.2, 0.25) is 0 Å². The molecule has 1 atom stereocenters.